The van der Waals surface area contributed by atoms with Gasteiger partial charge in [-0.15, -0.1) is 11.6 Å². The smallest absolute Gasteiger partial charge is 0.217 e. The van der Waals surface area contributed by atoms with Crippen molar-refractivity contribution in [2.75, 3.05) is 0 Å². The van der Waals surface area contributed by atoms with Crippen LogP contribution in [0, 0.1) is 5.82 Å². The molecule has 1 heterocycles. The number of aryl methyl sites for hydroxylation is 1. The minimum Gasteiger partial charge on any atom is -0.370 e. The third kappa shape index (κ3) is 3.04. The summed E-state index contributed by atoms with van der Waals surface area (Å²) in [5, 5.41) is -0.288. The van der Waals surface area contributed by atoms with Crippen LogP contribution in [0.2, 0.25) is 0 Å². The minimum absolute atomic E-state index is 0.283. The summed E-state index contributed by atoms with van der Waals surface area (Å²) in [5.74, 6) is 0.000127. The van der Waals surface area contributed by atoms with Crippen LogP contribution in [0.4, 0.5) is 4.39 Å². The highest BCUT2D eigenvalue weighted by Crippen LogP contribution is 2.25. The Morgan fingerprint density at radius 1 is 1.58 bits per heavy atom. The van der Waals surface area contributed by atoms with Crippen molar-refractivity contribution in [1.29, 1.82) is 0 Å². The molecule has 1 aromatic heterocycles. The van der Waals surface area contributed by atoms with Gasteiger partial charge < -0.3 is 10.3 Å². The Bertz CT molecular complexity index is 609. The molecule has 0 fully saturated rings. The Kier molecular flexibility index (Phi) is 4.04. The van der Waals surface area contributed by atoms with Crippen molar-refractivity contribution >= 4 is 28.5 Å². The van der Waals surface area contributed by atoms with Crippen LogP contribution in [0.25, 0.3) is 11.0 Å². The zero-order chi connectivity index (χ0) is 14.0. The molecule has 0 saturated carbocycles. The topological polar surface area (TPSA) is 60.9 Å². The summed E-state index contributed by atoms with van der Waals surface area (Å²) in [5.41, 5.74) is 6.50. The Morgan fingerprint density at radius 3 is 2.95 bits per heavy atom. The van der Waals surface area contributed by atoms with Crippen molar-refractivity contribution in [3.05, 3.63) is 29.8 Å². The largest absolute Gasteiger partial charge is 0.370 e. The van der Waals surface area contributed by atoms with Crippen LogP contribution in [0.3, 0.4) is 0 Å². The summed E-state index contributed by atoms with van der Waals surface area (Å²) in [7, 11) is 0. The van der Waals surface area contributed by atoms with E-state index in [0.29, 0.717) is 29.8 Å². The normalized spacial score (nSPS) is 12.8. The van der Waals surface area contributed by atoms with E-state index in [0.717, 1.165) is 0 Å². The molecule has 102 valence electrons. The van der Waals surface area contributed by atoms with E-state index in [2.05, 4.69) is 4.98 Å². The van der Waals surface area contributed by atoms with E-state index in [-0.39, 0.29) is 23.5 Å². The van der Waals surface area contributed by atoms with Gasteiger partial charge in [0.1, 0.15) is 11.6 Å². The Morgan fingerprint density at radius 2 is 2.32 bits per heavy atom. The first-order valence-electron chi connectivity index (χ1n) is 6.07. The van der Waals surface area contributed by atoms with Crippen LogP contribution in [-0.4, -0.2) is 15.5 Å². The first-order valence-corrected chi connectivity index (χ1v) is 6.50. The number of halogens is 2. The molecule has 0 aliphatic heterocycles. The molecule has 0 aliphatic rings. The van der Waals surface area contributed by atoms with Gasteiger partial charge in [0, 0.05) is 13.0 Å². The van der Waals surface area contributed by atoms with Crippen LogP contribution < -0.4 is 5.73 Å². The van der Waals surface area contributed by atoms with Gasteiger partial charge in [-0.25, -0.2) is 9.37 Å². The van der Waals surface area contributed by atoms with Crippen LogP contribution >= 0.6 is 11.6 Å². The summed E-state index contributed by atoms with van der Waals surface area (Å²) in [6, 6.07) is 4.42. The average Bonchev–Trinajstić information content (AvgIpc) is 2.67. The van der Waals surface area contributed by atoms with Gasteiger partial charge in [-0.05, 0) is 31.5 Å². The summed E-state index contributed by atoms with van der Waals surface area (Å²) in [6.45, 7) is 2.35. The van der Waals surface area contributed by atoms with Gasteiger partial charge in [-0.2, -0.15) is 0 Å². The predicted molar refractivity (Wildman–Crippen MR) is 72.4 cm³/mol. The second-order valence-corrected chi connectivity index (χ2v) is 5.10. The number of rotatable bonds is 5. The van der Waals surface area contributed by atoms with E-state index in [9.17, 15) is 9.18 Å². The first-order chi connectivity index (χ1) is 8.99. The first kappa shape index (κ1) is 13.8. The van der Waals surface area contributed by atoms with Crippen molar-refractivity contribution in [2.24, 2.45) is 5.73 Å². The third-order valence-corrected chi connectivity index (χ3v) is 3.10. The molecule has 2 aromatic rings. The molecule has 0 radical (unpaired) electrons. The lowest BCUT2D eigenvalue weighted by Gasteiger charge is -2.09. The van der Waals surface area contributed by atoms with Gasteiger partial charge in [-0.3, -0.25) is 4.79 Å². The number of aromatic nitrogens is 2. The van der Waals surface area contributed by atoms with E-state index in [4.69, 9.17) is 17.3 Å². The van der Waals surface area contributed by atoms with Gasteiger partial charge in [0.2, 0.25) is 5.91 Å². The molecule has 1 atom stereocenters. The van der Waals surface area contributed by atoms with Gasteiger partial charge in [0.05, 0.1) is 16.4 Å². The quantitative estimate of drug-likeness (QED) is 0.858. The molecule has 2 rings (SSSR count). The molecule has 4 nitrogen and oxygen atoms in total. The maximum Gasteiger partial charge on any atom is 0.217 e. The van der Waals surface area contributed by atoms with Crippen LogP contribution in [0.15, 0.2) is 18.2 Å². The van der Waals surface area contributed by atoms with Gasteiger partial charge in [0.25, 0.3) is 0 Å². The number of primary amides is 1. The van der Waals surface area contributed by atoms with Crippen molar-refractivity contribution in [3.63, 3.8) is 0 Å². The minimum atomic E-state index is -0.351. The van der Waals surface area contributed by atoms with Crippen LogP contribution in [0.1, 0.15) is 31.0 Å². The molecule has 19 heavy (non-hydrogen) atoms. The fourth-order valence-electron chi connectivity index (χ4n) is 2.06. The Labute approximate surface area is 115 Å². The van der Waals surface area contributed by atoms with Crippen LogP contribution in [-0.2, 0) is 11.3 Å². The van der Waals surface area contributed by atoms with E-state index < -0.39 is 0 Å². The molecule has 0 bridgehead atoms. The second kappa shape index (κ2) is 5.57. The molecule has 1 unspecified atom stereocenters. The highest BCUT2D eigenvalue weighted by atomic mass is 35.5. The lowest BCUT2D eigenvalue weighted by Crippen LogP contribution is -2.12. The van der Waals surface area contributed by atoms with Gasteiger partial charge in [-0.1, -0.05) is 0 Å². The number of carbonyl (C=O) groups excluding carboxylic acids is 1. The summed E-state index contributed by atoms with van der Waals surface area (Å²) in [4.78, 5) is 15.2. The molecule has 1 amide bonds. The molecule has 0 aliphatic carbocycles. The predicted octanol–water partition coefficient (Wildman–Crippen LogP) is 2.74. The standard InChI is InChI=1S/C13H15ClFN3O/c1-8(14)13-17-10-5-4-9(15)7-11(10)18(13)6-2-3-12(16)19/h4-5,7-8H,2-3,6H2,1H3,(H2,16,19). The molecule has 0 spiro atoms. The number of fused-ring (bicyclic) bond motifs is 1. The van der Waals surface area contributed by atoms with Crippen molar-refractivity contribution in [1.82, 2.24) is 9.55 Å². The number of nitrogens with zero attached hydrogens (tertiary/aromatic N) is 2. The Balaban J connectivity index is 2.39. The number of nitrogens with two attached hydrogens (primary N) is 1. The van der Waals surface area contributed by atoms with E-state index in [1.165, 1.54) is 12.1 Å². The van der Waals surface area contributed by atoms with E-state index in [1.54, 1.807) is 6.07 Å². The van der Waals surface area contributed by atoms with Gasteiger partial charge in [0.15, 0.2) is 0 Å². The van der Waals surface area contributed by atoms with Gasteiger partial charge >= 0.3 is 0 Å². The monoisotopic (exact) mass is 283 g/mol. The second-order valence-electron chi connectivity index (χ2n) is 4.44. The zero-order valence-electron chi connectivity index (χ0n) is 10.6. The summed E-state index contributed by atoms with van der Waals surface area (Å²) < 4.78 is 15.2. The molecule has 2 N–H and O–H groups in total. The maximum atomic E-state index is 13.3. The highest BCUT2D eigenvalue weighted by Gasteiger charge is 2.15. The zero-order valence-corrected chi connectivity index (χ0v) is 11.3. The molecule has 0 saturated heterocycles. The average molecular weight is 284 g/mol. The third-order valence-electron chi connectivity index (χ3n) is 2.90. The number of amides is 1. The lowest BCUT2D eigenvalue weighted by atomic mass is 10.2. The number of hydrogen-bond acceptors (Lipinski definition) is 2. The van der Waals surface area contributed by atoms with E-state index >= 15 is 0 Å². The molecule has 6 heteroatoms. The molecular weight excluding hydrogens is 269 g/mol. The number of hydrogen-bond donors (Lipinski definition) is 1. The number of benzene rings is 1. The fraction of sp³-hybridized carbons (Fsp3) is 0.385. The maximum absolute atomic E-state index is 13.3. The summed E-state index contributed by atoms with van der Waals surface area (Å²) in [6.07, 6.45) is 0.860. The Hall–Kier alpha value is -1.62. The van der Waals surface area contributed by atoms with Crippen molar-refractivity contribution < 1.29 is 9.18 Å². The number of imidazole rings is 1. The van der Waals surface area contributed by atoms with Crippen LogP contribution in [0.5, 0.6) is 0 Å². The highest BCUT2D eigenvalue weighted by molar-refractivity contribution is 6.20. The lowest BCUT2D eigenvalue weighted by molar-refractivity contribution is -0.118. The number of alkyl halides is 1. The van der Waals surface area contributed by atoms with E-state index in [1.807, 2.05) is 11.5 Å². The van der Waals surface area contributed by atoms with Crippen molar-refractivity contribution in [2.45, 2.75) is 31.7 Å². The SMILES string of the molecule is CC(Cl)c1nc2ccc(F)cc2n1CCCC(N)=O. The number of carbonyl (C=O) groups is 1. The fourth-order valence-corrected chi connectivity index (χ4v) is 2.23. The molecule has 1 aromatic carbocycles. The van der Waals surface area contributed by atoms with Crippen molar-refractivity contribution in [3.8, 4) is 0 Å². The molecular formula is C13H15ClFN3O. The summed E-state index contributed by atoms with van der Waals surface area (Å²) >= 11 is 6.09.